The number of rotatable bonds is 6. The first-order valence-corrected chi connectivity index (χ1v) is 9.23. The molecule has 4 rings (SSSR count). The molecule has 31 heavy (non-hydrogen) atoms. The van der Waals surface area contributed by atoms with Gasteiger partial charge in [0.25, 0.3) is 5.56 Å². The maximum Gasteiger partial charge on any atom is 0.290 e. The highest BCUT2D eigenvalue weighted by atomic mass is 19.1. The standard InChI is InChI=1S/C21H18FN5O4/c1-30-14-7-8-15(18(9-14)31-2)23-20(28)11-19-24-25-21(29)17-10-16(26-27(17)19)12-3-5-13(22)6-4-12/h3-10H,11H2,1-2H3,(H,23,28)(H,25,29). The number of hydrogen-bond donors (Lipinski definition) is 2. The van der Waals surface area contributed by atoms with Crippen molar-refractivity contribution in [1.29, 1.82) is 0 Å². The van der Waals surface area contributed by atoms with Crippen LogP contribution in [-0.2, 0) is 11.2 Å². The summed E-state index contributed by atoms with van der Waals surface area (Å²) in [6.07, 6.45) is -0.160. The van der Waals surface area contributed by atoms with Gasteiger partial charge in [-0.1, -0.05) is 0 Å². The molecule has 0 bridgehead atoms. The van der Waals surface area contributed by atoms with Crippen molar-refractivity contribution in [2.75, 3.05) is 19.5 Å². The Morgan fingerprint density at radius 3 is 2.61 bits per heavy atom. The van der Waals surface area contributed by atoms with E-state index in [0.29, 0.717) is 28.4 Å². The smallest absolute Gasteiger partial charge is 0.290 e. The molecule has 0 spiro atoms. The summed E-state index contributed by atoms with van der Waals surface area (Å²) in [5, 5.41) is 13.5. The van der Waals surface area contributed by atoms with Crippen molar-refractivity contribution in [3.8, 4) is 22.8 Å². The molecule has 0 atom stereocenters. The van der Waals surface area contributed by atoms with E-state index >= 15 is 0 Å². The molecule has 0 saturated carbocycles. The summed E-state index contributed by atoms with van der Waals surface area (Å²) in [5.74, 6) is 0.489. The molecule has 0 aliphatic rings. The highest BCUT2D eigenvalue weighted by Crippen LogP contribution is 2.29. The molecule has 158 valence electrons. The topological polar surface area (TPSA) is 111 Å². The molecule has 4 aromatic rings. The summed E-state index contributed by atoms with van der Waals surface area (Å²) in [7, 11) is 3.02. The molecule has 2 aromatic heterocycles. The molecule has 9 nitrogen and oxygen atoms in total. The summed E-state index contributed by atoms with van der Waals surface area (Å²) in [6, 6.07) is 12.3. The largest absolute Gasteiger partial charge is 0.497 e. The van der Waals surface area contributed by atoms with Crippen LogP contribution >= 0.6 is 0 Å². The number of nitrogens with zero attached hydrogens (tertiary/aromatic N) is 3. The summed E-state index contributed by atoms with van der Waals surface area (Å²) in [6.45, 7) is 0. The highest BCUT2D eigenvalue weighted by molar-refractivity contribution is 5.93. The van der Waals surface area contributed by atoms with E-state index in [1.54, 1.807) is 36.4 Å². The van der Waals surface area contributed by atoms with Gasteiger partial charge in [-0.3, -0.25) is 9.59 Å². The molecule has 0 aliphatic carbocycles. The van der Waals surface area contributed by atoms with Gasteiger partial charge in [0.05, 0.1) is 32.0 Å². The highest BCUT2D eigenvalue weighted by Gasteiger charge is 2.16. The fourth-order valence-corrected chi connectivity index (χ4v) is 3.08. The van der Waals surface area contributed by atoms with E-state index in [2.05, 4.69) is 20.6 Å². The molecule has 0 unspecified atom stereocenters. The first-order valence-electron chi connectivity index (χ1n) is 9.23. The molecule has 2 aromatic carbocycles. The van der Waals surface area contributed by atoms with Gasteiger partial charge < -0.3 is 14.8 Å². The fourth-order valence-electron chi connectivity index (χ4n) is 3.08. The predicted octanol–water partition coefficient (Wildman–Crippen LogP) is 2.42. The zero-order valence-corrected chi connectivity index (χ0v) is 16.7. The number of halogens is 1. The fraction of sp³-hybridized carbons (Fsp3) is 0.143. The quantitative estimate of drug-likeness (QED) is 0.493. The number of fused-ring (bicyclic) bond motifs is 1. The molecule has 0 aliphatic heterocycles. The minimum atomic E-state index is -0.457. The molecule has 0 fully saturated rings. The minimum Gasteiger partial charge on any atom is -0.497 e. The molecular weight excluding hydrogens is 405 g/mol. The number of nitrogens with one attached hydrogen (secondary N) is 2. The maximum absolute atomic E-state index is 13.2. The van der Waals surface area contributed by atoms with Crippen molar-refractivity contribution < 1.29 is 18.7 Å². The van der Waals surface area contributed by atoms with Crippen LogP contribution in [0.25, 0.3) is 16.8 Å². The van der Waals surface area contributed by atoms with Gasteiger partial charge in [0, 0.05) is 11.6 Å². The van der Waals surface area contributed by atoms with Crippen LogP contribution in [0, 0.1) is 5.82 Å². The lowest BCUT2D eigenvalue weighted by Crippen LogP contribution is -2.22. The monoisotopic (exact) mass is 423 g/mol. The number of carbonyl (C=O) groups is 1. The second kappa shape index (κ2) is 8.27. The van der Waals surface area contributed by atoms with Crippen molar-refractivity contribution in [2.24, 2.45) is 0 Å². The van der Waals surface area contributed by atoms with Crippen LogP contribution < -0.4 is 20.3 Å². The Labute approximate surface area is 175 Å². The number of aromatic nitrogens is 4. The van der Waals surface area contributed by atoms with Gasteiger partial charge in [-0.15, -0.1) is 0 Å². The van der Waals surface area contributed by atoms with Crippen LogP contribution in [-0.4, -0.2) is 39.9 Å². The van der Waals surface area contributed by atoms with Crippen molar-refractivity contribution in [2.45, 2.75) is 6.42 Å². The normalized spacial score (nSPS) is 10.8. The SMILES string of the molecule is COc1ccc(NC(=O)Cc2n[nH]c(=O)c3cc(-c4ccc(F)cc4)nn23)c(OC)c1. The van der Waals surface area contributed by atoms with Gasteiger partial charge in [-0.05, 0) is 42.5 Å². The molecule has 2 heterocycles. The van der Waals surface area contributed by atoms with E-state index in [1.165, 1.54) is 30.9 Å². The number of ether oxygens (including phenoxy) is 2. The summed E-state index contributed by atoms with van der Waals surface area (Å²) in [4.78, 5) is 24.8. The molecule has 0 saturated heterocycles. The average molecular weight is 423 g/mol. The number of anilines is 1. The third-order valence-corrected chi connectivity index (χ3v) is 4.61. The molecule has 2 N–H and O–H groups in total. The molecule has 1 amide bonds. The van der Waals surface area contributed by atoms with E-state index in [1.807, 2.05) is 0 Å². The first-order chi connectivity index (χ1) is 15.0. The van der Waals surface area contributed by atoms with E-state index in [9.17, 15) is 14.0 Å². The van der Waals surface area contributed by atoms with Crippen molar-refractivity contribution in [3.63, 3.8) is 0 Å². The van der Waals surface area contributed by atoms with E-state index < -0.39 is 5.56 Å². The second-order valence-corrected chi connectivity index (χ2v) is 6.59. The third kappa shape index (κ3) is 4.08. The van der Waals surface area contributed by atoms with E-state index in [-0.39, 0.29) is 29.5 Å². The number of aromatic amines is 1. The zero-order valence-electron chi connectivity index (χ0n) is 16.7. The van der Waals surface area contributed by atoms with Gasteiger partial charge in [0.15, 0.2) is 5.82 Å². The Hall–Kier alpha value is -4.21. The van der Waals surface area contributed by atoms with Crippen LogP contribution in [0.5, 0.6) is 11.5 Å². The number of benzene rings is 2. The Bertz CT molecular complexity index is 1310. The van der Waals surface area contributed by atoms with Crippen LogP contribution in [0.15, 0.2) is 53.3 Å². The van der Waals surface area contributed by atoms with Gasteiger partial charge in [-0.25, -0.2) is 14.0 Å². The average Bonchev–Trinajstić information content (AvgIpc) is 3.23. The Morgan fingerprint density at radius 2 is 1.90 bits per heavy atom. The number of carbonyl (C=O) groups excluding carboxylic acids is 1. The second-order valence-electron chi connectivity index (χ2n) is 6.59. The van der Waals surface area contributed by atoms with Gasteiger partial charge in [-0.2, -0.15) is 10.2 Å². The van der Waals surface area contributed by atoms with Gasteiger partial charge in [0.2, 0.25) is 5.91 Å². The van der Waals surface area contributed by atoms with Crippen molar-refractivity contribution >= 4 is 17.1 Å². The maximum atomic E-state index is 13.2. The Kier molecular flexibility index (Phi) is 5.35. The lowest BCUT2D eigenvalue weighted by Gasteiger charge is -2.11. The van der Waals surface area contributed by atoms with Gasteiger partial charge >= 0.3 is 0 Å². The molecule has 10 heteroatoms. The molecule has 0 radical (unpaired) electrons. The van der Waals surface area contributed by atoms with Crippen LogP contribution in [0.1, 0.15) is 5.82 Å². The number of hydrogen-bond acceptors (Lipinski definition) is 6. The lowest BCUT2D eigenvalue weighted by molar-refractivity contribution is -0.115. The Balaban J connectivity index is 1.62. The minimum absolute atomic E-state index is 0.160. The zero-order chi connectivity index (χ0) is 22.0. The number of amides is 1. The van der Waals surface area contributed by atoms with E-state index in [4.69, 9.17) is 9.47 Å². The van der Waals surface area contributed by atoms with Crippen LogP contribution in [0.4, 0.5) is 10.1 Å². The van der Waals surface area contributed by atoms with Gasteiger partial charge in [0.1, 0.15) is 22.8 Å². The van der Waals surface area contributed by atoms with E-state index in [0.717, 1.165) is 0 Å². The predicted molar refractivity (Wildman–Crippen MR) is 111 cm³/mol. The molecular formula is C21H18FN5O4. The van der Waals surface area contributed by atoms with Crippen molar-refractivity contribution in [3.05, 3.63) is 70.5 Å². The lowest BCUT2D eigenvalue weighted by atomic mass is 10.1. The Morgan fingerprint density at radius 1 is 1.13 bits per heavy atom. The van der Waals surface area contributed by atoms with Crippen LogP contribution in [0.2, 0.25) is 0 Å². The summed E-state index contributed by atoms with van der Waals surface area (Å²) in [5.41, 5.74) is 1.31. The summed E-state index contributed by atoms with van der Waals surface area (Å²) < 4.78 is 24.9. The summed E-state index contributed by atoms with van der Waals surface area (Å²) >= 11 is 0. The number of H-pyrrole nitrogens is 1. The van der Waals surface area contributed by atoms with Crippen molar-refractivity contribution in [1.82, 2.24) is 19.8 Å². The van der Waals surface area contributed by atoms with Crippen LogP contribution in [0.3, 0.4) is 0 Å². The third-order valence-electron chi connectivity index (χ3n) is 4.61. The first kappa shape index (κ1) is 20.1. The number of methoxy groups -OCH3 is 2.